The van der Waals surface area contributed by atoms with E-state index >= 15 is 0 Å². The molecule has 1 unspecified atom stereocenters. The van der Waals surface area contributed by atoms with Gasteiger partial charge in [-0.15, -0.1) is 0 Å². The van der Waals surface area contributed by atoms with Crippen molar-refractivity contribution in [3.05, 3.63) is 0 Å². The van der Waals surface area contributed by atoms with Gasteiger partial charge in [0, 0.05) is 7.11 Å². The van der Waals surface area contributed by atoms with Crippen LogP contribution < -0.4 is 0 Å². The lowest BCUT2D eigenvalue weighted by Gasteiger charge is -2.26. The van der Waals surface area contributed by atoms with Gasteiger partial charge in [0.15, 0.2) is 8.32 Å². The summed E-state index contributed by atoms with van der Waals surface area (Å²) in [5.74, 6) is 0. The van der Waals surface area contributed by atoms with Crippen LogP contribution in [0, 0.1) is 0 Å². The molecular weight excluding hydrogens is 232 g/mol. The van der Waals surface area contributed by atoms with E-state index in [9.17, 15) is 0 Å². The van der Waals surface area contributed by atoms with E-state index in [4.69, 9.17) is 12.7 Å². The second-order valence-electron chi connectivity index (χ2n) is 4.21. The van der Waals surface area contributed by atoms with Crippen molar-refractivity contribution < 1.29 is 12.7 Å². The molecule has 0 radical (unpaired) electrons. The van der Waals surface area contributed by atoms with Crippen molar-refractivity contribution in [2.75, 3.05) is 7.11 Å². The van der Waals surface area contributed by atoms with Crippen LogP contribution in [0.25, 0.3) is 0 Å². The minimum absolute atomic E-state index is 0.168. The second-order valence-corrected chi connectivity index (χ2v) is 20.3. The summed E-state index contributed by atoms with van der Waals surface area (Å²) in [7, 11) is -2.25. The second kappa shape index (κ2) is 5.59. The topological polar surface area (TPSA) is 27.7 Å². The maximum Gasteiger partial charge on any atom is 0.295 e. The molecule has 1 atom stereocenters. The molecule has 0 saturated heterocycles. The average molecular weight is 255 g/mol. The first kappa shape index (κ1) is 13.7. The van der Waals surface area contributed by atoms with Crippen molar-refractivity contribution in [1.29, 1.82) is 0 Å². The Balaban J connectivity index is 3.74. The molecule has 0 aliphatic carbocycles. The van der Waals surface area contributed by atoms with E-state index in [1.54, 1.807) is 7.11 Å². The average Bonchev–Trinajstić information content (AvgIpc) is 2.02. The van der Waals surface area contributed by atoms with Crippen LogP contribution in [0.5, 0.6) is 0 Å². The summed E-state index contributed by atoms with van der Waals surface area (Å²) < 4.78 is 17.0. The van der Waals surface area contributed by atoms with Crippen LogP contribution in [-0.2, 0) is 12.7 Å². The van der Waals surface area contributed by atoms with Crippen molar-refractivity contribution in [3.63, 3.8) is 0 Å². The summed E-state index contributed by atoms with van der Waals surface area (Å²) in [5.41, 5.74) is 0. The minimum atomic E-state index is -1.70. The monoisotopic (exact) mass is 254 g/mol. The van der Waals surface area contributed by atoms with E-state index in [0.717, 1.165) is 0 Å². The predicted octanol–water partition coefficient (Wildman–Crippen LogP) is 0.285. The highest BCUT2D eigenvalue weighted by Gasteiger charge is 2.27. The van der Waals surface area contributed by atoms with E-state index in [1.165, 1.54) is 0 Å². The van der Waals surface area contributed by atoms with Crippen molar-refractivity contribution in [1.82, 2.24) is 0 Å². The molecule has 0 aromatic carbocycles. The molecule has 0 rings (SSSR count). The van der Waals surface area contributed by atoms with Crippen LogP contribution in [0.2, 0.25) is 32.7 Å². The highest BCUT2D eigenvalue weighted by molar-refractivity contribution is 7.18. The summed E-state index contributed by atoms with van der Waals surface area (Å²) in [6, 6.07) is 0. The number of hydrogen-bond acceptors (Lipinski definition) is 3. The molecule has 0 N–H and O–H groups in total. The largest absolute Gasteiger partial charge is 0.441 e. The normalized spacial score (nSPS) is 18.9. The van der Waals surface area contributed by atoms with E-state index in [-0.39, 0.29) is 9.04 Å². The van der Waals surface area contributed by atoms with E-state index < -0.39 is 26.4 Å². The Labute approximate surface area is 88.2 Å². The maximum atomic E-state index is 5.83. The highest BCUT2D eigenvalue weighted by Crippen LogP contribution is 2.06. The molecule has 0 aromatic rings. The van der Waals surface area contributed by atoms with Crippen molar-refractivity contribution >= 4 is 35.4 Å². The van der Waals surface area contributed by atoms with E-state index in [0.29, 0.717) is 0 Å². The number of hydrogen-bond donors (Lipinski definition) is 0. The third-order valence-corrected chi connectivity index (χ3v) is 17.5. The van der Waals surface area contributed by atoms with E-state index in [1.807, 2.05) is 0 Å². The lowest BCUT2D eigenvalue weighted by molar-refractivity contribution is 0.316. The minimum Gasteiger partial charge on any atom is -0.441 e. The van der Waals surface area contributed by atoms with E-state index in [2.05, 4.69) is 32.7 Å². The first-order chi connectivity index (χ1) is 5.83. The molecule has 0 aliphatic rings. The highest BCUT2D eigenvalue weighted by atomic mass is 29.2. The molecule has 0 aliphatic heterocycles. The molecule has 3 nitrogen and oxygen atoms in total. The number of rotatable bonds is 6. The van der Waals surface area contributed by atoms with Gasteiger partial charge in [-0.2, -0.15) is 0 Å². The Kier molecular flexibility index (Phi) is 5.91. The first-order valence-electron chi connectivity index (χ1n) is 4.66. The molecule has 0 bridgehead atoms. The molecule has 80 valence electrons. The standard InChI is InChI=1S/C6H22O3Si4/c1-7-13(6,10-2)9-11-8-12(3,4)5/h10-11H2,1-6H3. The van der Waals surface area contributed by atoms with Gasteiger partial charge in [-0.3, -0.25) is 0 Å². The summed E-state index contributed by atoms with van der Waals surface area (Å²) in [6.07, 6.45) is 0. The summed E-state index contributed by atoms with van der Waals surface area (Å²) in [5, 5.41) is 0. The zero-order chi connectivity index (χ0) is 10.5. The van der Waals surface area contributed by atoms with Gasteiger partial charge in [-0.1, -0.05) is 6.55 Å². The fourth-order valence-corrected chi connectivity index (χ4v) is 8.84. The van der Waals surface area contributed by atoms with Crippen molar-refractivity contribution in [3.8, 4) is 0 Å². The van der Waals surface area contributed by atoms with Crippen LogP contribution in [-0.4, -0.2) is 42.5 Å². The zero-order valence-electron chi connectivity index (χ0n) is 9.64. The smallest absolute Gasteiger partial charge is 0.295 e. The summed E-state index contributed by atoms with van der Waals surface area (Å²) in [6.45, 7) is 11.0. The third-order valence-electron chi connectivity index (χ3n) is 1.93. The Morgan fingerprint density at radius 3 is 1.85 bits per heavy atom. The van der Waals surface area contributed by atoms with Crippen LogP contribution in [0.1, 0.15) is 0 Å². The molecule has 0 fully saturated rings. The molecule has 0 aromatic heterocycles. The van der Waals surface area contributed by atoms with Gasteiger partial charge in [0.1, 0.15) is 0 Å². The van der Waals surface area contributed by atoms with Crippen molar-refractivity contribution in [2.24, 2.45) is 0 Å². The summed E-state index contributed by atoms with van der Waals surface area (Å²) in [4.78, 5) is 0. The SMILES string of the molecule is CO[Si](C)(O[SiH2]O[Si](C)(C)C)[SiH2]C. The third kappa shape index (κ3) is 6.77. The maximum absolute atomic E-state index is 5.83. The Hall–Kier alpha value is 0.748. The molecule has 0 spiro atoms. The quantitative estimate of drug-likeness (QED) is 0.638. The molecule has 0 heterocycles. The predicted molar refractivity (Wildman–Crippen MR) is 67.1 cm³/mol. The Morgan fingerprint density at radius 1 is 1.00 bits per heavy atom. The van der Waals surface area contributed by atoms with Gasteiger partial charge >= 0.3 is 0 Å². The molecule has 13 heavy (non-hydrogen) atoms. The Bertz CT molecular complexity index is 143. The molecule has 0 saturated carbocycles. The fraction of sp³-hybridized carbons (Fsp3) is 1.00. The first-order valence-corrected chi connectivity index (χ1v) is 15.3. The Morgan fingerprint density at radius 2 is 1.54 bits per heavy atom. The lowest BCUT2D eigenvalue weighted by atomic mass is 11.8. The van der Waals surface area contributed by atoms with Crippen LogP contribution in [0.15, 0.2) is 0 Å². The van der Waals surface area contributed by atoms with Crippen molar-refractivity contribution in [2.45, 2.75) is 32.7 Å². The van der Waals surface area contributed by atoms with Gasteiger partial charge in [-0.25, -0.2) is 0 Å². The summed E-state index contributed by atoms with van der Waals surface area (Å²) >= 11 is 0. The van der Waals surface area contributed by atoms with Crippen LogP contribution >= 0.6 is 0 Å². The fourth-order valence-electron chi connectivity index (χ4n) is 0.636. The molecule has 0 amide bonds. The lowest BCUT2D eigenvalue weighted by Crippen LogP contribution is -2.46. The van der Waals surface area contributed by atoms with Gasteiger partial charge < -0.3 is 12.7 Å². The zero-order valence-corrected chi connectivity index (χ0v) is 14.5. The van der Waals surface area contributed by atoms with Gasteiger partial charge in [0.2, 0.25) is 0 Å². The molecule has 7 heteroatoms. The van der Waals surface area contributed by atoms with Crippen LogP contribution in [0.3, 0.4) is 0 Å². The van der Waals surface area contributed by atoms with Gasteiger partial charge in [0.05, 0.1) is 9.04 Å². The van der Waals surface area contributed by atoms with Gasteiger partial charge in [-0.05, 0) is 26.2 Å². The van der Waals surface area contributed by atoms with Crippen LogP contribution in [0.4, 0.5) is 0 Å². The molecular formula is C6H22O3Si4. The van der Waals surface area contributed by atoms with Gasteiger partial charge in [0.25, 0.3) is 18.1 Å².